The number of amides is 1. The van der Waals surface area contributed by atoms with Gasteiger partial charge in [0.1, 0.15) is 12.5 Å². The summed E-state index contributed by atoms with van der Waals surface area (Å²) in [6, 6.07) is -0.585. The second kappa shape index (κ2) is 6.70. The molecule has 0 N–H and O–H groups in total. The van der Waals surface area contributed by atoms with Gasteiger partial charge in [0.2, 0.25) is 17.7 Å². The Morgan fingerprint density at radius 3 is 2.67 bits per heavy atom. The Morgan fingerprint density at radius 2 is 2.00 bits per heavy atom. The van der Waals surface area contributed by atoms with Crippen LogP contribution in [0.4, 0.5) is 13.2 Å². The molecule has 24 heavy (non-hydrogen) atoms. The molecule has 2 atom stereocenters. The number of hydrogen-bond acceptors (Lipinski definition) is 5. The summed E-state index contributed by atoms with van der Waals surface area (Å²) in [5.74, 6) is -0.327. The summed E-state index contributed by atoms with van der Waals surface area (Å²) >= 11 is 0. The summed E-state index contributed by atoms with van der Waals surface area (Å²) in [5, 5.41) is 7.28. The van der Waals surface area contributed by atoms with Gasteiger partial charge in [0.25, 0.3) is 0 Å². The highest BCUT2D eigenvalue weighted by Crippen LogP contribution is 2.33. The maximum Gasteiger partial charge on any atom is 0.397 e. The van der Waals surface area contributed by atoms with Crippen LogP contribution in [0, 0.1) is 0 Å². The number of aromatic nitrogens is 2. The molecule has 2 aliphatic rings. The molecule has 3 rings (SSSR count). The minimum atomic E-state index is -4.39. The van der Waals surface area contributed by atoms with Crippen LogP contribution >= 0.6 is 0 Å². The van der Waals surface area contributed by atoms with E-state index in [2.05, 4.69) is 10.2 Å². The number of piperidine rings is 1. The summed E-state index contributed by atoms with van der Waals surface area (Å²) in [5.41, 5.74) is 0. The largest absolute Gasteiger partial charge is 0.423 e. The fraction of sp³-hybridized carbons (Fsp3) is 0.800. The highest BCUT2D eigenvalue weighted by atomic mass is 19.4. The zero-order valence-electron chi connectivity index (χ0n) is 13.6. The van der Waals surface area contributed by atoms with Gasteiger partial charge < -0.3 is 9.32 Å². The monoisotopic (exact) mass is 346 g/mol. The van der Waals surface area contributed by atoms with Gasteiger partial charge in [-0.2, -0.15) is 13.2 Å². The van der Waals surface area contributed by atoms with Gasteiger partial charge in [0.15, 0.2) is 0 Å². The lowest BCUT2D eigenvalue weighted by Gasteiger charge is -2.36. The van der Waals surface area contributed by atoms with E-state index >= 15 is 0 Å². The number of carbonyl (C=O) groups is 1. The Hall–Kier alpha value is -1.64. The molecular weight excluding hydrogens is 325 g/mol. The molecule has 2 aliphatic heterocycles. The summed E-state index contributed by atoms with van der Waals surface area (Å²) in [7, 11) is 1.92. The zero-order chi connectivity index (χ0) is 17.3. The molecule has 0 radical (unpaired) electrons. The van der Waals surface area contributed by atoms with Gasteiger partial charge in [-0.1, -0.05) is 0 Å². The molecule has 6 nitrogen and oxygen atoms in total. The van der Waals surface area contributed by atoms with Crippen molar-refractivity contribution in [1.82, 2.24) is 20.0 Å². The quantitative estimate of drug-likeness (QED) is 0.841. The zero-order valence-corrected chi connectivity index (χ0v) is 13.6. The van der Waals surface area contributed by atoms with Crippen molar-refractivity contribution in [2.24, 2.45) is 0 Å². The van der Waals surface area contributed by atoms with E-state index in [1.165, 1.54) is 0 Å². The summed E-state index contributed by atoms with van der Waals surface area (Å²) in [6.45, 7) is 1.45. The van der Waals surface area contributed by atoms with E-state index in [4.69, 9.17) is 4.42 Å². The van der Waals surface area contributed by atoms with E-state index in [1.807, 2.05) is 11.9 Å². The number of likely N-dealkylation sites (N-methyl/N-ethyl adjacent to an activating group) is 1. The number of rotatable bonds is 3. The summed E-state index contributed by atoms with van der Waals surface area (Å²) < 4.78 is 42.6. The van der Waals surface area contributed by atoms with Crippen LogP contribution in [-0.2, 0) is 11.2 Å². The topological polar surface area (TPSA) is 62.5 Å². The third-order valence-electron chi connectivity index (χ3n) is 4.71. The van der Waals surface area contributed by atoms with Crippen LogP contribution in [0.15, 0.2) is 4.42 Å². The molecule has 3 heterocycles. The molecule has 0 saturated carbocycles. The Bertz CT molecular complexity index is 590. The second-order valence-corrected chi connectivity index (χ2v) is 6.51. The first-order chi connectivity index (χ1) is 11.3. The Balaban J connectivity index is 1.76. The highest BCUT2D eigenvalue weighted by molar-refractivity contribution is 5.82. The first-order valence-corrected chi connectivity index (χ1v) is 8.25. The molecular formula is C15H21F3N4O2. The molecule has 0 aromatic carbocycles. The average Bonchev–Trinajstić information content (AvgIpc) is 3.14. The molecule has 2 fully saturated rings. The average molecular weight is 346 g/mol. The SMILES string of the molecule is CN1CCC[C@@H]1C(=O)N1CCCC[C@H]1c1nnc(CC(F)(F)F)o1. The van der Waals surface area contributed by atoms with Crippen LogP contribution in [-0.4, -0.2) is 58.3 Å². The van der Waals surface area contributed by atoms with Crippen LogP contribution in [0.25, 0.3) is 0 Å². The molecule has 9 heteroatoms. The van der Waals surface area contributed by atoms with Gasteiger partial charge in [0.05, 0.1) is 6.04 Å². The van der Waals surface area contributed by atoms with Crippen molar-refractivity contribution in [3.8, 4) is 0 Å². The van der Waals surface area contributed by atoms with Gasteiger partial charge in [0, 0.05) is 6.54 Å². The molecule has 0 spiro atoms. The van der Waals surface area contributed by atoms with Crippen molar-refractivity contribution in [3.05, 3.63) is 11.8 Å². The molecule has 1 aromatic rings. The predicted molar refractivity (Wildman–Crippen MR) is 78.0 cm³/mol. The Labute approximate surface area is 138 Å². The van der Waals surface area contributed by atoms with Crippen LogP contribution < -0.4 is 0 Å². The van der Waals surface area contributed by atoms with E-state index < -0.39 is 24.5 Å². The van der Waals surface area contributed by atoms with Gasteiger partial charge >= 0.3 is 6.18 Å². The van der Waals surface area contributed by atoms with Crippen LogP contribution in [0.1, 0.15) is 49.9 Å². The third kappa shape index (κ3) is 3.71. The molecule has 134 valence electrons. The van der Waals surface area contributed by atoms with Crippen molar-refractivity contribution in [2.45, 2.75) is 56.8 Å². The van der Waals surface area contributed by atoms with Crippen molar-refractivity contribution in [2.75, 3.05) is 20.1 Å². The van der Waals surface area contributed by atoms with Gasteiger partial charge in [-0.3, -0.25) is 9.69 Å². The predicted octanol–water partition coefficient (Wildman–Crippen LogP) is 2.32. The van der Waals surface area contributed by atoms with E-state index in [-0.39, 0.29) is 17.8 Å². The number of halogens is 3. The maximum atomic E-state index is 12.8. The number of hydrogen-bond donors (Lipinski definition) is 0. The Kier molecular flexibility index (Phi) is 4.80. The number of alkyl halides is 3. The molecule has 2 saturated heterocycles. The summed E-state index contributed by atoms with van der Waals surface area (Å²) in [4.78, 5) is 16.6. The van der Waals surface area contributed by atoms with Gasteiger partial charge in [-0.05, 0) is 45.7 Å². The number of nitrogens with zero attached hydrogens (tertiary/aromatic N) is 4. The molecule has 0 bridgehead atoms. The van der Waals surface area contributed by atoms with Crippen molar-refractivity contribution in [3.63, 3.8) is 0 Å². The number of carbonyl (C=O) groups excluding carboxylic acids is 1. The van der Waals surface area contributed by atoms with Crippen LogP contribution in [0.2, 0.25) is 0 Å². The van der Waals surface area contributed by atoms with Crippen molar-refractivity contribution < 1.29 is 22.4 Å². The number of likely N-dealkylation sites (tertiary alicyclic amines) is 2. The maximum absolute atomic E-state index is 12.8. The summed E-state index contributed by atoms with van der Waals surface area (Å²) in [6.07, 6.45) is -1.46. The van der Waals surface area contributed by atoms with Gasteiger partial charge in [-0.25, -0.2) is 0 Å². The van der Waals surface area contributed by atoms with Gasteiger partial charge in [-0.15, -0.1) is 10.2 Å². The Morgan fingerprint density at radius 1 is 1.21 bits per heavy atom. The molecule has 0 unspecified atom stereocenters. The molecule has 0 aliphatic carbocycles. The van der Waals surface area contributed by atoms with Crippen molar-refractivity contribution in [1.29, 1.82) is 0 Å². The van der Waals surface area contributed by atoms with Crippen LogP contribution in [0.5, 0.6) is 0 Å². The lowest BCUT2D eigenvalue weighted by molar-refractivity contribution is -0.140. The lowest BCUT2D eigenvalue weighted by atomic mass is 10.0. The van der Waals surface area contributed by atoms with Crippen molar-refractivity contribution >= 4 is 5.91 Å². The van der Waals surface area contributed by atoms with E-state index in [0.29, 0.717) is 13.0 Å². The fourth-order valence-corrected chi connectivity index (χ4v) is 3.51. The smallest absolute Gasteiger partial charge is 0.397 e. The first kappa shape index (κ1) is 17.2. The second-order valence-electron chi connectivity index (χ2n) is 6.51. The normalized spacial score (nSPS) is 26.1. The standard InChI is InChI=1S/C15H21F3N4O2/c1-21-7-4-6-11(21)14(23)22-8-3-2-5-10(22)13-20-19-12(24-13)9-15(16,17)18/h10-11H,2-9H2,1H3/t10-,11+/m0/s1. The van der Waals surface area contributed by atoms with E-state index in [0.717, 1.165) is 32.2 Å². The lowest BCUT2D eigenvalue weighted by Crippen LogP contribution is -2.47. The first-order valence-electron chi connectivity index (χ1n) is 8.25. The van der Waals surface area contributed by atoms with E-state index in [9.17, 15) is 18.0 Å². The molecule has 1 amide bonds. The highest BCUT2D eigenvalue weighted by Gasteiger charge is 2.39. The van der Waals surface area contributed by atoms with E-state index in [1.54, 1.807) is 4.90 Å². The molecule has 1 aromatic heterocycles. The van der Waals surface area contributed by atoms with Crippen LogP contribution in [0.3, 0.4) is 0 Å². The third-order valence-corrected chi connectivity index (χ3v) is 4.71. The minimum Gasteiger partial charge on any atom is -0.423 e. The minimum absolute atomic E-state index is 0.00951. The fourth-order valence-electron chi connectivity index (χ4n) is 3.51.